The molecule has 0 bridgehead atoms. The van der Waals surface area contributed by atoms with Gasteiger partial charge in [0.05, 0.1) is 29.9 Å². The van der Waals surface area contributed by atoms with Crippen LogP contribution in [0.3, 0.4) is 0 Å². The molecule has 1 aromatic heterocycles. The number of hydrogen-bond donors (Lipinski definition) is 0. The van der Waals surface area contributed by atoms with Crippen molar-refractivity contribution in [3.05, 3.63) is 59.4 Å². The fraction of sp³-hybridized carbons (Fsp3) is 0.304. The molecule has 0 spiro atoms. The van der Waals surface area contributed by atoms with Crippen LogP contribution in [0.5, 0.6) is 11.5 Å². The van der Waals surface area contributed by atoms with E-state index in [0.29, 0.717) is 0 Å². The van der Waals surface area contributed by atoms with Gasteiger partial charge in [0.15, 0.2) is 11.5 Å². The van der Waals surface area contributed by atoms with Gasteiger partial charge in [-0.2, -0.15) is 0 Å². The van der Waals surface area contributed by atoms with Crippen LogP contribution in [0.25, 0.3) is 11.0 Å². The number of methoxy groups -OCH3 is 1. The van der Waals surface area contributed by atoms with Crippen molar-refractivity contribution in [3.8, 4) is 11.5 Å². The quantitative estimate of drug-likeness (QED) is 0.592. The Kier molecular flexibility index (Phi) is 2.99. The van der Waals surface area contributed by atoms with Crippen molar-refractivity contribution in [3.63, 3.8) is 0 Å². The summed E-state index contributed by atoms with van der Waals surface area (Å²) >= 11 is 0. The Morgan fingerprint density at radius 1 is 1.11 bits per heavy atom. The molecule has 3 aliphatic rings. The molecule has 2 aromatic carbocycles. The van der Waals surface area contributed by atoms with Crippen LogP contribution in [-0.4, -0.2) is 22.4 Å². The average molecular weight is 371 g/mol. The number of allylic oxidation sites excluding steroid dienone is 2. The van der Waals surface area contributed by atoms with Gasteiger partial charge >= 0.3 is 0 Å². The SMILES string of the molecule is COc1cccc2c1OC1=C3C(=Nc4nc5ccccc5n4C32)CC(C)(C)C1. The third-order valence-corrected chi connectivity index (χ3v) is 5.99. The third-order valence-electron chi connectivity index (χ3n) is 5.99. The van der Waals surface area contributed by atoms with Crippen LogP contribution in [0.2, 0.25) is 0 Å². The highest BCUT2D eigenvalue weighted by Crippen LogP contribution is 2.54. The molecule has 0 amide bonds. The number of aliphatic imine (C=N–C) groups is 1. The van der Waals surface area contributed by atoms with Gasteiger partial charge in [-0.1, -0.05) is 38.1 Å². The van der Waals surface area contributed by atoms with Crippen molar-refractivity contribution in [2.75, 3.05) is 7.11 Å². The van der Waals surface area contributed by atoms with Crippen LogP contribution in [0.15, 0.2) is 58.8 Å². The molecule has 2 aliphatic heterocycles. The molecule has 3 heterocycles. The summed E-state index contributed by atoms with van der Waals surface area (Å²) in [4.78, 5) is 9.83. The zero-order chi connectivity index (χ0) is 19.0. The summed E-state index contributed by atoms with van der Waals surface area (Å²) in [7, 11) is 1.69. The summed E-state index contributed by atoms with van der Waals surface area (Å²) in [6, 6.07) is 14.4. The molecule has 0 fully saturated rings. The van der Waals surface area contributed by atoms with Crippen molar-refractivity contribution in [1.29, 1.82) is 0 Å². The standard InChI is InChI=1S/C23H21N3O2/c1-23(2)11-15-19-18(12-23)28-21-13(7-6-10-17(21)27-3)20(19)26-16-9-5-4-8-14(16)24-22(26)25-15/h4-10,20H,11-12H2,1-3H3. The molecule has 0 radical (unpaired) electrons. The predicted octanol–water partition coefficient (Wildman–Crippen LogP) is 5.19. The lowest BCUT2D eigenvalue weighted by molar-refractivity contribution is 0.263. The number of ether oxygens (including phenoxy) is 2. The van der Waals surface area contributed by atoms with Gasteiger partial charge in [-0.05, 0) is 30.0 Å². The first-order valence-electron chi connectivity index (χ1n) is 9.68. The van der Waals surface area contributed by atoms with E-state index in [0.717, 1.165) is 58.4 Å². The molecule has 5 heteroatoms. The maximum Gasteiger partial charge on any atom is 0.231 e. The van der Waals surface area contributed by atoms with E-state index in [1.54, 1.807) is 7.11 Å². The molecule has 6 rings (SSSR count). The normalized spacial score (nSPS) is 21.4. The topological polar surface area (TPSA) is 48.6 Å². The fourth-order valence-corrected chi connectivity index (χ4v) is 4.85. The van der Waals surface area contributed by atoms with E-state index < -0.39 is 0 Å². The lowest BCUT2D eigenvalue weighted by Gasteiger charge is -2.42. The summed E-state index contributed by atoms with van der Waals surface area (Å²) in [5.41, 5.74) is 5.57. The van der Waals surface area contributed by atoms with Crippen molar-refractivity contribution >= 4 is 22.7 Å². The third kappa shape index (κ3) is 2.02. The van der Waals surface area contributed by atoms with Crippen LogP contribution in [0.1, 0.15) is 38.3 Å². The number of benzene rings is 2. The van der Waals surface area contributed by atoms with E-state index in [2.05, 4.69) is 42.7 Å². The summed E-state index contributed by atoms with van der Waals surface area (Å²) < 4.78 is 14.4. The smallest absolute Gasteiger partial charge is 0.231 e. The maximum absolute atomic E-state index is 6.47. The van der Waals surface area contributed by atoms with Crippen LogP contribution in [0, 0.1) is 5.41 Å². The molecule has 1 atom stereocenters. The van der Waals surface area contributed by atoms with Crippen LogP contribution < -0.4 is 9.47 Å². The second kappa shape index (κ2) is 5.25. The monoisotopic (exact) mass is 371 g/mol. The summed E-state index contributed by atoms with van der Waals surface area (Å²) in [5.74, 6) is 3.37. The minimum atomic E-state index is 0.0137. The summed E-state index contributed by atoms with van der Waals surface area (Å²) in [6.07, 6.45) is 1.81. The highest BCUT2D eigenvalue weighted by Gasteiger charge is 2.45. The van der Waals surface area contributed by atoms with Gasteiger partial charge in [0.2, 0.25) is 5.95 Å². The zero-order valence-corrected chi connectivity index (χ0v) is 16.2. The van der Waals surface area contributed by atoms with Gasteiger partial charge in [-0.3, -0.25) is 4.57 Å². The summed E-state index contributed by atoms with van der Waals surface area (Å²) in [6.45, 7) is 4.54. The van der Waals surface area contributed by atoms with E-state index in [-0.39, 0.29) is 11.5 Å². The van der Waals surface area contributed by atoms with Gasteiger partial charge in [-0.25, -0.2) is 9.98 Å². The predicted molar refractivity (Wildman–Crippen MR) is 109 cm³/mol. The van der Waals surface area contributed by atoms with E-state index in [1.807, 2.05) is 18.2 Å². The number of rotatable bonds is 1. The molecular weight excluding hydrogens is 350 g/mol. The van der Waals surface area contributed by atoms with Crippen LogP contribution in [-0.2, 0) is 0 Å². The zero-order valence-electron chi connectivity index (χ0n) is 16.2. The first kappa shape index (κ1) is 15.9. The first-order valence-corrected chi connectivity index (χ1v) is 9.68. The fourth-order valence-electron chi connectivity index (χ4n) is 4.85. The number of para-hydroxylation sites is 3. The lowest BCUT2D eigenvalue weighted by Crippen LogP contribution is -2.36. The van der Waals surface area contributed by atoms with E-state index in [1.165, 1.54) is 5.57 Å². The van der Waals surface area contributed by atoms with Gasteiger partial charge in [0.25, 0.3) is 0 Å². The number of fused-ring (bicyclic) bond motifs is 6. The van der Waals surface area contributed by atoms with Gasteiger partial charge in [-0.15, -0.1) is 0 Å². The summed E-state index contributed by atoms with van der Waals surface area (Å²) in [5, 5.41) is 0. The maximum atomic E-state index is 6.47. The average Bonchev–Trinajstić information content (AvgIpc) is 3.04. The van der Waals surface area contributed by atoms with E-state index in [9.17, 15) is 0 Å². The molecule has 0 saturated carbocycles. The van der Waals surface area contributed by atoms with Crippen LogP contribution >= 0.6 is 0 Å². The number of hydrogen-bond acceptors (Lipinski definition) is 4. The molecule has 0 N–H and O–H groups in total. The van der Waals surface area contributed by atoms with Gasteiger partial charge in [0, 0.05) is 17.6 Å². The van der Waals surface area contributed by atoms with Crippen molar-refractivity contribution < 1.29 is 9.47 Å². The molecule has 3 aromatic rings. The second-order valence-electron chi connectivity index (χ2n) is 8.57. The number of aromatic nitrogens is 2. The molecule has 140 valence electrons. The molecule has 5 nitrogen and oxygen atoms in total. The van der Waals surface area contributed by atoms with E-state index >= 15 is 0 Å². The highest BCUT2D eigenvalue weighted by atomic mass is 16.5. The largest absolute Gasteiger partial charge is 0.493 e. The minimum absolute atomic E-state index is 0.0137. The Balaban J connectivity index is 1.72. The second-order valence-corrected chi connectivity index (χ2v) is 8.57. The van der Waals surface area contributed by atoms with Crippen molar-refractivity contribution in [2.45, 2.75) is 32.7 Å². The number of imidazole rings is 1. The van der Waals surface area contributed by atoms with Crippen molar-refractivity contribution in [2.24, 2.45) is 10.4 Å². The molecule has 1 unspecified atom stereocenters. The lowest BCUT2D eigenvalue weighted by atomic mass is 9.72. The van der Waals surface area contributed by atoms with Crippen LogP contribution in [0.4, 0.5) is 5.95 Å². The molecule has 28 heavy (non-hydrogen) atoms. The van der Waals surface area contributed by atoms with Gasteiger partial charge < -0.3 is 9.47 Å². The van der Waals surface area contributed by atoms with Crippen molar-refractivity contribution in [1.82, 2.24) is 9.55 Å². The number of nitrogens with zero attached hydrogens (tertiary/aromatic N) is 3. The Hall–Kier alpha value is -3.08. The Bertz CT molecular complexity index is 1220. The molecule has 0 saturated heterocycles. The minimum Gasteiger partial charge on any atom is -0.493 e. The Morgan fingerprint density at radius 2 is 1.96 bits per heavy atom. The van der Waals surface area contributed by atoms with E-state index in [4.69, 9.17) is 19.5 Å². The Morgan fingerprint density at radius 3 is 2.82 bits per heavy atom. The first-order chi connectivity index (χ1) is 13.6. The molecule has 1 aliphatic carbocycles. The Labute approximate surface area is 163 Å². The highest BCUT2D eigenvalue weighted by molar-refractivity contribution is 6.06. The molecular formula is C23H21N3O2. The van der Waals surface area contributed by atoms with Gasteiger partial charge in [0.1, 0.15) is 5.76 Å².